The van der Waals surface area contributed by atoms with Crippen LogP contribution < -0.4 is 11.1 Å². The summed E-state index contributed by atoms with van der Waals surface area (Å²) in [5.74, 6) is -0.684. The molecule has 4 N–H and O–H groups in total. The Hall–Kier alpha value is -1.66. The molecule has 0 aromatic heterocycles. The fraction of sp³-hybridized carbons (Fsp3) is 0.500. The van der Waals surface area contributed by atoms with Crippen molar-refractivity contribution in [2.75, 3.05) is 20.6 Å². The Balaban J connectivity index is 2.75. The van der Waals surface area contributed by atoms with Crippen molar-refractivity contribution in [1.82, 2.24) is 10.2 Å². The van der Waals surface area contributed by atoms with Crippen molar-refractivity contribution < 1.29 is 9.60 Å². The minimum absolute atomic E-state index is 0.0281. The maximum atomic E-state index is 14.2. The van der Waals surface area contributed by atoms with Crippen LogP contribution in [0.2, 0.25) is 0 Å². The number of benzene rings is 1. The van der Waals surface area contributed by atoms with Gasteiger partial charge in [0.1, 0.15) is 5.82 Å². The Bertz CT molecular complexity index is 486. The molecule has 6 heteroatoms. The van der Waals surface area contributed by atoms with Gasteiger partial charge in [0, 0.05) is 24.2 Å². The number of nitrogens with zero attached hydrogens (tertiary/aromatic N) is 2. The van der Waals surface area contributed by atoms with Gasteiger partial charge in [0.25, 0.3) is 0 Å². The molecule has 5 nitrogen and oxygen atoms in total. The number of nitrogens with two attached hydrogens (primary N) is 1. The van der Waals surface area contributed by atoms with Gasteiger partial charge in [-0.25, -0.2) is 4.39 Å². The molecular formula is C14H23FN4O. The third-order valence-corrected chi connectivity index (χ3v) is 3.55. The van der Waals surface area contributed by atoms with Crippen molar-refractivity contribution in [3.05, 3.63) is 35.1 Å². The lowest BCUT2D eigenvalue weighted by molar-refractivity contribution is 0.189. The monoisotopic (exact) mass is 282 g/mol. The van der Waals surface area contributed by atoms with Crippen molar-refractivity contribution >= 4 is 5.84 Å². The quantitative estimate of drug-likeness (QED) is 0.319. The van der Waals surface area contributed by atoms with Crippen LogP contribution in [0.5, 0.6) is 0 Å². The summed E-state index contributed by atoms with van der Waals surface area (Å²) in [6.45, 7) is 5.30. The molecule has 0 amide bonds. The second kappa shape index (κ2) is 6.67. The van der Waals surface area contributed by atoms with Crippen molar-refractivity contribution in [3.8, 4) is 0 Å². The van der Waals surface area contributed by atoms with Crippen LogP contribution in [-0.4, -0.2) is 42.1 Å². The van der Waals surface area contributed by atoms with E-state index in [-0.39, 0.29) is 16.9 Å². The Kier molecular flexibility index (Phi) is 5.47. The molecule has 112 valence electrons. The molecule has 1 rings (SSSR count). The number of nitrogens with one attached hydrogen (secondary N) is 1. The van der Waals surface area contributed by atoms with Crippen LogP contribution in [0.25, 0.3) is 0 Å². The smallest absolute Gasteiger partial charge is 0.173 e. The first kappa shape index (κ1) is 16.4. The SMILES string of the molecule is CN(C)C(C)(C)CNCc1cccc(/C(N)=N/O)c1F. The van der Waals surface area contributed by atoms with E-state index in [2.05, 4.69) is 29.2 Å². The number of amidine groups is 1. The number of halogens is 1. The van der Waals surface area contributed by atoms with Gasteiger partial charge in [0.15, 0.2) is 5.84 Å². The van der Waals surface area contributed by atoms with Crippen molar-refractivity contribution in [1.29, 1.82) is 0 Å². The lowest BCUT2D eigenvalue weighted by atomic mass is 10.0. The molecule has 0 bridgehead atoms. The fourth-order valence-electron chi connectivity index (χ4n) is 1.63. The molecule has 0 atom stereocenters. The predicted octanol–water partition coefficient (Wildman–Crippen LogP) is 1.35. The maximum Gasteiger partial charge on any atom is 0.173 e. The van der Waals surface area contributed by atoms with Crippen molar-refractivity contribution in [3.63, 3.8) is 0 Å². The van der Waals surface area contributed by atoms with Gasteiger partial charge in [-0.3, -0.25) is 0 Å². The Labute approximate surface area is 119 Å². The van der Waals surface area contributed by atoms with Crippen LogP contribution in [0.3, 0.4) is 0 Å². The van der Waals surface area contributed by atoms with Crippen LogP contribution in [-0.2, 0) is 6.54 Å². The zero-order chi connectivity index (χ0) is 15.3. The average Bonchev–Trinajstić information content (AvgIpc) is 2.39. The van der Waals surface area contributed by atoms with Crippen molar-refractivity contribution in [2.24, 2.45) is 10.9 Å². The van der Waals surface area contributed by atoms with E-state index in [1.54, 1.807) is 12.1 Å². The molecule has 0 radical (unpaired) electrons. The summed E-state index contributed by atoms with van der Waals surface area (Å²) < 4.78 is 14.2. The molecule has 0 aliphatic carbocycles. The molecule has 0 unspecified atom stereocenters. The highest BCUT2D eigenvalue weighted by Crippen LogP contribution is 2.14. The first-order valence-electron chi connectivity index (χ1n) is 6.43. The van der Waals surface area contributed by atoms with E-state index < -0.39 is 5.82 Å². The number of hydrogen-bond acceptors (Lipinski definition) is 4. The molecule has 0 heterocycles. The van der Waals surface area contributed by atoms with Crippen LogP contribution in [0.1, 0.15) is 25.0 Å². The summed E-state index contributed by atoms with van der Waals surface area (Å²) in [5, 5.41) is 14.7. The first-order valence-corrected chi connectivity index (χ1v) is 6.43. The molecule has 0 spiro atoms. The number of likely N-dealkylation sites (N-methyl/N-ethyl adjacent to an activating group) is 1. The topological polar surface area (TPSA) is 73.9 Å². The molecule has 0 aliphatic heterocycles. The molecule has 1 aromatic carbocycles. The molecule has 0 saturated heterocycles. The second-order valence-corrected chi connectivity index (χ2v) is 5.57. The highest BCUT2D eigenvalue weighted by atomic mass is 19.1. The minimum Gasteiger partial charge on any atom is -0.409 e. The van der Waals surface area contributed by atoms with E-state index in [1.165, 1.54) is 6.07 Å². The van der Waals surface area contributed by atoms with Gasteiger partial charge in [0.05, 0.1) is 5.56 Å². The molecule has 0 aliphatic rings. The first-order chi connectivity index (χ1) is 9.29. The highest BCUT2D eigenvalue weighted by Gasteiger charge is 2.20. The van der Waals surface area contributed by atoms with E-state index in [9.17, 15) is 4.39 Å². The van der Waals surface area contributed by atoms with Gasteiger partial charge in [0.2, 0.25) is 0 Å². The highest BCUT2D eigenvalue weighted by molar-refractivity contribution is 5.97. The normalized spacial score (nSPS) is 13.0. The molecule has 1 aromatic rings. The van der Waals surface area contributed by atoms with Crippen molar-refractivity contribution in [2.45, 2.75) is 25.9 Å². The Morgan fingerprint density at radius 2 is 2.10 bits per heavy atom. The molecule has 20 heavy (non-hydrogen) atoms. The zero-order valence-electron chi connectivity index (χ0n) is 12.4. The van der Waals surface area contributed by atoms with E-state index in [0.717, 1.165) is 0 Å². The number of oxime groups is 1. The summed E-state index contributed by atoms with van der Waals surface area (Å²) in [7, 11) is 4.00. The van der Waals surface area contributed by atoms with Gasteiger partial charge in [-0.2, -0.15) is 0 Å². The lowest BCUT2D eigenvalue weighted by Crippen LogP contribution is -2.46. The molecular weight excluding hydrogens is 259 g/mol. The van der Waals surface area contributed by atoms with Gasteiger partial charge < -0.3 is 21.2 Å². The van der Waals surface area contributed by atoms with Gasteiger partial charge in [-0.1, -0.05) is 17.3 Å². The molecule has 0 fully saturated rings. The second-order valence-electron chi connectivity index (χ2n) is 5.57. The number of rotatable bonds is 6. The van der Waals surface area contributed by atoms with Crippen LogP contribution in [0.4, 0.5) is 4.39 Å². The lowest BCUT2D eigenvalue weighted by Gasteiger charge is -2.32. The third-order valence-electron chi connectivity index (χ3n) is 3.55. The minimum atomic E-state index is -0.460. The van der Waals surface area contributed by atoms with E-state index in [1.807, 2.05) is 14.1 Å². The van der Waals surface area contributed by atoms with E-state index >= 15 is 0 Å². The maximum absolute atomic E-state index is 14.2. The summed E-state index contributed by atoms with van der Waals surface area (Å²) >= 11 is 0. The fourth-order valence-corrected chi connectivity index (χ4v) is 1.63. The van der Waals surface area contributed by atoms with Gasteiger partial charge in [-0.15, -0.1) is 0 Å². The predicted molar refractivity (Wildman–Crippen MR) is 78.4 cm³/mol. The van der Waals surface area contributed by atoms with E-state index in [4.69, 9.17) is 10.9 Å². The average molecular weight is 282 g/mol. The Morgan fingerprint density at radius 1 is 1.45 bits per heavy atom. The van der Waals surface area contributed by atoms with Gasteiger partial charge >= 0.3 is 0 Å². The summed E-state index contributed by atoms with van der Waals surface area (Å²) in [6.07, 6.45) is 0. The summed E-state index contributed by atoms with van der Waals surface area (Å²) in [5.41, 5.74) is 6.01. The van der Waals surface area contributed by atoms with Crippen LogP contribution in [0.15, 0.2) is 23.4 Å². The summed E-state index contributed by atoms with van der Waals surface area (Å²) in [4.78, 5) is 2.10. The van der Waals surface area contributed by atoms with Gasteiger partial charge in [-0.05, 0) is 34.0 Å². The van der Waals surface area contributed by atoms with E-state index in [0.29, 0.717) is 18.7 Å². The van der Waals surface area contributed by atoms with Crippen LogP contribution >= 0.6 is 0 Å². The zero-order valence-corrected chi connectivity index (χ0v) is 12.4. The third kappa shape index (κ3) is 3.91. The Morgan fingerprint density at radius 3 is 2.65 bits per heavy atom. The summed E-state index contributed by atoms with van der Waals surface area (Å²) in [6, 6.07) is 4.85. The number of hydrogen-bond donors (Lipinski definition) is 3. The van der Waals surface area contributed by atoms with Crippen LogP contribution in [0, 0.1) is 5.82 Å². The largest absolute Gasteiger partial charge is 0.409 e. The standard InChI is InChI=1S/C14H23FN4O/c1-14(2,19(3)4)9-17-8-10-6-5-7-11(12(10)15)13(16)18-20/h5-7,17,20H,8-9H2,1-4H3,(H2,16,18). The molecule has 0 saturated carbocycles.